The van der Waals surface area contributed by atoms with E-state index in [2.05, 4.69) is 15.3 Å². The third-order valence-corrected chi connectivity index (χ3v) is 5.42. The van der Waals surface area contributed by atoms with Gasteiger partial charge in [-0.3, -0.25) is 14.2 Å². The highest BCUT2D eigenvalue weighted by molar-refractivity contribution is 6.25. The molecule has 0 bridgehead atoms. The van der Waals surface area contributed by atoms with E-state index in [4.69, 9.17) is 11.8 Å². The fraction of sp³-hybridized carbons (Fsp3) is 0.412. The molecule has 1 fully saturated rings. The number of pyridine rings is 1. The van der Waals surface area contributed by atoms with Gasteiger partial charge in [-0.05, 0) is 50.8 Å². The summed E-state index contributed by atoms with van der Waals surface area (Å²) < 4.78 is 2.79. The molecular weight excluding hydrogens is 377 g/mol. The molecule has 0 atom stereocenters. The highest BCUT2D eigenvalue weighted by atomic mass is 35.5. The lowest BCUT2D eigenvalue weighted by atomic mass is 9.89. The minimum absolute atomic E-state index is 0. The first-order valence-corrected chi connectivity index (χ1v) is 8.70. The topological polar surface area (TPSA) is 80.1 Å². The number of rotatable bonds is 2. The van der Waals surface area contributed by atoms with Crippen LogP contribution in [0.15, 0.2) is 29.2 Å². The summed E-state index contributed by atoms with van der Waals surface area (Å²) in [5.41, 5.74) is -0.312. The van der Waals surface area contributed by atoms with Crippen molar-refractivity contribution >= 4 is 41.6 Å². The molecule has 9 heteroatoms. The van der Waals surface area contributed by atoms with Gasteiger partial charge in [0.2, 0.25) is 0 Å². The van der Waals surface area contributed by atoms with Gasteiger partial charge in [0, 0.05) is 18.0 Å². The summed E-state index contributed by atoms with van der Waals surface area (Å²) in [6.07, 6.45) is 5.96. The van der Waals surface area contributed by atoms with Crippen LogP contribution in [-0.2, 0) is 5.66 Å². The van der Waals surface area contributed by atoms with E-state index in [1.165, 1.54) is 4.42 Å². The Hall–Kier alpha value is -2.12. The number of aromatic nitrogens is 3. The molecule has 26 heavy (non-hydrogen) atoms. The van der Waals surface area contributed by atoms with Crippen molar-refractivity contribution in [3.63, 3.8) is 0 Å². The van der Waals surface area contributed by atoms with Crippen LogP contribution in [0.5, 0.6) is 0 Å². The number of aryl methyl sites for hydroxylation is 1. The van der Waals surface area contributed by atoms with Crippen molar-refractivity contribution in [2.45, 2.75) is 44.7 Å². The lowest BCUT2D eigenvalue weighted by Crippen LogP contribution is -2.47. The molecule has 2 aliphatic rings. The predicted octanol–water partition coefficient (Wildman–Crippen LogP) is 3.34. The predicted molar refractivity (Wildman–Crippen MR) is 101 cm³/mol. The minimum atomic E-state index is -0.761. The highest BCUT2D eigenvalue weighted by Crippen LogP contribution is 2.44. The maximum Gasteiger partial charge on any atom is 0.287 e. The summed E-state index contributed by atoms with van der Waals surface area (Å²) in [6.45, 7) is 1.78. The second-order valence-corrected chi connectivity index (χ2v) is 6.85. The standard InChI is InChI=1S/C17H18ClN5O2.ClH/c1-11-19-10-7-14(20-11)21-12-5-6-13-16(25)23(18)17(22(13)15(12)24)8-3-2-4-9-17;/h5-7,10H,2-4,8-9H2,1H3,(H,19,20,21);1H. The van der Waals surface area contributed by atoms with Crippen LogP contribution < -0.4 is 10.9 Å². The van der Waals surface area contributed by atoms with Gasteiger partial charge < -0.3 is 5.32 Å². The monoisotopic (exact) mass is 395 g/mol. The fourth-order valence-electron chi connectivity index (χ4n) is 3.79. The van der Waals surface area contributed by atoms with Crippen LogP contribution in [0.2, 0.25) is 0 Å². The van der Waals surface area contributed by atoms with E-state index in [1.54, 1.807) is 35.9 Å². The number of hydrogen-bond donors (Lipinski definition) is 1. The molecule has 1 aliphatic heterocycles. The Kier molecular flexibility index (Phi) is 4.94. The van der Waals surface area contributed by atoms with Gasteiger partial charge in [0.1, 0.15) is 28.7 Å². The third-order valence-electron chi connectivity index (χ3n) is 4.95. The second-order valence-electron chi connectivity index (χ2n) is 6.52. The molecule has 1 spiro atoms. The lowest BCUT2D eigenvalue weighted by molar-refractivity contribution is 0.0553. The SMILES string of the molecule is Cc1nccc(Nc2ccc3n(c2=O)C2(CCCCC2)N(Cl)C3=O)n1.Cl. The van der Waals surface area contributed by atoms with Crippen LogP contribution in [0.3, 0.4) is 0 Å². The minimum Gasteiger partial charge on any atom is -0.336 e. The number of fused-ring (bicyclic) bond motifs is 2. The molecule has 0 aromatic carbocycles. The summed E-state index contributed by atoms with van der Waals surface area (Å²) in [4.78, 5) is 34.0. The molecule has 138 valence electrons. The van der Waals surface area contributed by atoms with E-state index in [9.17, 15) is 9.59 Å². The first-order chi connectivity index (χ1) is 12.0. The summed E-state index contributed by atoms with van der Waals surface area (Å²) in [5.74, 6) is 0.831. The number of nitrogens with zero attached hydrogens (tertiary/aromatic N) is 4. The zero-order chi connectivity index (χ0) is 17.6. The molecule has 7 nitrogen and oxygen atoms in total. The summed E-state index contributed by atoms with van der Waals surface area (Å²) >= 11 is 6.35. The Balaban J connectivity index is 0.00000196. The van der Waals surface area contributed by atoms with E-state index in [1.807, 2.05) is 0 Å². The van der Waals surface area contributed by atoms with Gasteiger partial charge in [0.05, 0.1) is 0 Å². The van der Waals surface area contributed by atoms with Gasteiger partial charge in [-0.1, -0.05) is 6.42 Å². The number of halogens is 2. The Bertz CT molecular complexity index is 908. The van der Waals surface area contributed by atoms with Crippen molar-refractivity contribution in [1.82, 2.24) is 19.0 Å². The normalized spacial score (nSPS) is 17.8. The number of amides is 1. The van der Waals surface area contributed by atoms with E-state index in [0.717, 1.165) is 19.3 Å². The Morgan fingerprint density at radius 2 is 1.88 bits per heavy atom. The molecule has 0 saturated heterocycles. The summed E-state index contributed by atoms with van der Waals surface area (Å²) in [7, 11) is 0. The zero-order valence-corrected chi connectivity index (χ0v) is 15.8. The molecule has 1 saturated carbocycles. The van der Waals surface area contributed by atoms with Gasteiger partial charge in [-0.2, -0.15) is 0 Å². The average Bonchev–Trinajstić information content (AvgIpc) is 2.81. The summed E-state index contributed by atoms with van der Waals surface area (Å²) in [5, 5.41) is 3.04. The van der Waals surface area contributed by atoms with Crippen LogP contribution in [0.25, 0.3) is 0 Å². The highest BCUT2D eigenvalue weighted by Gasteiger charge is 2.50. The molecule has 0 radical (unpaired) electrons. The Morgan fingerprint density at radius 1 is 1.15 bits per heavy atom. The maximum absolute atomic E-state index is 13.1. The van der Waals surface area contributed by atoms with Crippen LogP contribution >= 0.6 is 24.2 Å². The number of nitrogens with one attached hydrogen (secondary N) is 1. The molecular formula is C17H19Cl2N5O2. The summed E-state index contributed by atoms with van der Waals surface area (Å²) in [6, 6.07) is 4.95. The number of anilines is 2. The van der Waals surface area contributed by atoms with Crippen molar-refractivity contribution < 1.29 is 4.79 Å². The van der Waals surface area contributed by atoms with Crippen LogP contribution in [-0.4, -0.2) is 24.9 Å². The smallest absolute Gasteiger partial charge is 0.287 e. The first kappa shape index (κ1) is 18.7. The maximum atomic E-state index is 13.1. The largest absolute Gasteiger partial charge is 0.336 e. The van der Waals surface area contributed by atoms with Gasteiger partial charge in [-0.15, -0.1) is 12.4 Å². The lowest BCUT2D eigenvalue weighted by Gasteiger charge is -2.38. The third kappa shape index (κ3) is 2.75. The number of carbonyl (C=O) groups excluding carboxylic acids is 1. The van der Waals surface area contributed by atoms with Crippen LogP contribution in [0.1, 0.15) is 48.4 Å². The van der Waals surface area contributed by atoms with Gasteiger partial charge in [0.25, 0.3) is 11.5 Å². The molecule has 1 aliphatic carbocycles. The van der Waals surface area contributed by atoms with Gasteiger partial charge in [-0.25, -0.2) is 14.4 Å². The second kappa shape index (κ2) is 6.89. The van der Waals surface area contributed by atoms with Crippen molar-refractivity contribution in [3.8, 4) is 0 Å². The van der Waals surface area contributed by atoms with Crippen molar-refractivity contribution in [2.24, 2.45) is 0 Å². The number of carbonyl (C=O) groups is 1. The van der Waals surface area contributed by atoms with Crippen molar-refractivity contribution in [2.75, 3.05) is 5.32 Å². The first-order valence-electron chi connectivity index (χ1n) is 8.36. The number of hydrogen-bond acceptors (Lipinski definition) is 5. The van der Waals surface area contributed by atoms with E-state index < -0.39 is 5.66 Å². The van der Waals surface area contributed by atoms with Crippen LogP contribution in [0, 0.1) is 6.92 Å². The van der Waals surface area contributed by atoms with E-state index >= 15 is 0 Å². The molecule has 4 rings (SSSR count). The van der Waals surface area contributed by atoms with E-state index in [-0.39, 0.29) is 23.9 Å². The quantitative estimate of drug-likeness (QED) is 0.788. The van der Waals surface area contributed by atoms with Crippen molar-refractivity contribution in [3.05, 3.63) is 46.3 Å². The molecule has 1 amide bonds. The zero-order valence-electron chi connectivity index (χ0n) is 14.2. The van der Waals surface area contributed by atoms with Gasteiger partial charge >= 0.3 is 0 Å². The van der Waals surface area contributed by atoms with Crippen molar-refractivity contribution in [1.29, 1.82) is 0 Å². The average molecular weight is 396 g/mol. The molecule has 1 N–H and O–H groups in total. The molecule has 3 heterocycles. The fourth-order valence-corrected chi connectivity index (χ4v) is 4.12. The van der Waals surface area contributed by atoms with Gasteiger partial charge in [0.15, 0.2) is 0 Å². The Morgan fingerprint density at radius 3 is 2.58 bits per heavy atom. The van der Waals surface area contributed by atoms with Crippen LogP contribution in [0.4, 0.5) is 11.5 Å². The molecule has 2 aromatic rings. The van der Waals surface area contributed by atoms with E-state index in [0.29, 0.717) is 35.9 Å². The molecule has 2 aromatic heterocycles. The molecule has 0 unspecified atom stereocenters. The Labute approximate surface area is 161 Å².